The molecule has 2 aromatic heterocycles. The van der Waals surface area contributed by atoms with Gasteiger partial charge in [-0.05, 0) is 12.1 Å². The fraction of sp³-hybridized carbons (Fsp3) is 0.111. The van der Waals surface area contributed by atoms with Gasteiger partial charge in [-0.25, -0.2) is 9.78 Å². The van der Waals surface area contributed by atoms with Gasteiger partial charge in [0.05, 0.1) is 7.11 Å². The molecular weight excluding hydrogens is 222 g/mol. The smallest absolute Gasteiger partial charge is 0.348 e. The molecule has 0 aliphatic carbocycles. The lowest BCUT2D eigenvalue weighted by Crippen LogP contribution is -1.96. The number of hydrogen-bond acceptors (Lipinski definition) is 4. The van der Waals surface area contributed by atoms with E-state index in [4.69, 9.17) is 11.6 Å². The Morgan fingerprint density at radius 3 is 3.07 bits per heavy atom. The maximum Gasteiger partial charge on any atom is 0.348 e. The first kappa shape index (κ1) is 9.43. The van der Waals surface area contributed by atoms with Crippen LogP contribution in [0.25, 0.3) is 10.1 Å². The molecule has 5 heteroatoms. The minimum atomic E-state index is -0.345. The van der Waals surface area contributed by atoms with Crippen LogP contribution in [0.1, 0.15) is 9.67 Å². The number of nitrogens with zero attached hydrogens (tertiary/aromatic N) is 1. The van der Waals surface area contributed by atoms with Crippen molar-refractivity contribution < 1.29 is 9.53 Å². The molecule has 0 atom stereocenters. The van der Waals surface area contributed by atoms with Gasteiger partial charge in [0.2, 0.25) is 0 Å². The molecule has 2 rings (SSSR count). The molecule has 0 amide bonds. The summed E-state index contributed by atoms with van der Waals surface area (Å²) < 4.78 is 5.55. The third-order valence-corrected chi connectivity index (χ3v) is 3.16. The molecule has 0 fully saturated rings. The quantitative estimate of drug-likeness (QED) is 0.556. The van der Waals surface area contributed by atoms with Gasteiger partial charge in [-0.1, -0.05) is 11.6 Å². The Kier molecular flexibility index (Phi) is 2.39. The lowest BCUT2D eigenvalue weighted by atomic mass is 10.3. The van der Waals surface area contributed by atoms with Crippen LogP contribution < -0.4 is 0 Å². The van der Waals surface area contributed by atoms with Crippen LogP contribution in [0, 0.1) is 0 Å². The first-order valence-corrected chi connectivity index (χ1v) is 5.04. The average Bonchev–Trinajstić information content (AvgIpc) is 2.62. The number of rotatable bonds is 1. The summed E-state index contributed by atoms with van der Waals surface area (Å²) in [6.45, 7) is 0. The molecule has 0 saturated carbocycles. The van der Waals surface area contributed by atoms with Gasteiger partial charge in [0.25, 0.3) is 0 Å². The van der Waals surface area contributed by atoms with E-state index in [-0.39, 0.29) is 5.97 Å². The second kappa shape index (κ2) is 3.55. The summed E-state index contributed by atoms with van der Waals surface area (Å²) in [5.41, 5.74) is 0. The maximum atomic E-state index is 11.2. The molecule has 0 spiro atoms. The molecule has 0 aliphatic heterocycles. The monoisotopic (exact) mass is 227 g/mol. The molecule has 0 unspecified atom stereocenters. The number of carbonyl (C=O) groups is 1. The van der Waals surface area contributed by atoms with Gasteiger partial charge in [-0.3, -0.25) is 0 Å². The van der Waals surface area contributed by atoms with Gasteiger partial charge in [0.15, 0.2) is 0 Å². The molecular formula is C9H6ClNO2S. The Labute approximate surface area is 89.3 Å². The third-order valence-electron chi connectivity index (χ3n) is 1.78. The minimum Gasteiger partial charge on any atom is -0.465 e. The van der Waals surface area contributed by atoms with Crippen molar-refractivity contribution in [2.24, 2.45) is 0 Å². The summed E-state index contributed by atoms with van der Waals surface area (Å²) in [5.74, 6) is -0.345. The zero-order valence-corrected chi connectivity index (χ0v) is 8.85. The van der Waals surface area contributed by atoms with E-state index in [1.807, 2.05) is 6.07 Å². The van der Waals surface area contributed by atoms with Crippen molar-refractivity contribution in [1.82, 2.24) is 4.98 Å². The van der Waals surface area contributed by atoms with E-state index >= 15 is 0 Å². The summed E-state index contributed by atoms with van der Waals surface area (Å²) in [4.78, 5) is 15.7. The number of pyridine rings is 1. The van der Waals surface area contributed by atoms with Crippen molar-refractivity contribution in [2.75, 3.05) is 7.11 Å². The number of fused-ring (bicyclic) bond motifs is 1. The highest BCUT2D eigenvalue weighted by Crippen LogP contribution is 2.29. The average molecular weight is 228 g/mol. The van der Waals surface area contributed by atoms with Crippen LogP contribution in [0.5, 0.6) is 0 Å². The van der Waals surface area contributed by atoms with Crippen molar-refractivity contribution in [3.63, 3.8) is 0 Å². The molecule has 0 bridgehead atoms. The number of methoxy groups -OCH3 is 1. The Hall–Kier alpha value is -1.13. The molecule has 3 nitrogen and oxygen atoms in total. The molecule has 0 saturated heterocycles. The van der Waals surface area contributed by atoms with Crippen molar-refractivity contribution in [3.05, 3.63) is 28.4 Å². The van der Waals surface area contributed by atoms with Gasteiger partial charge in [0.1, 0.15) is 10.0 Å². The highest BCUT2D eigenvalue weighted by molar-refractivity contribution is 7.20. The molecule has 0 radical (unpaired) electrons. The number of esters is 1. The van der Waals surface area contributed by atoms with Crippen LogP contribution in [0.3, 0.4) is 0 Å². The first-order valence-electron chi connectivity index (χ1n) is 3.84. The molecule has 2 aromatic rings. The Bertz CT molecular complexity index is 495. The van der Waals surface area contributed by atoms with Crippen LogP contribution in [-0.4, -0.2) is 18.1 Å². The molecule has 2 heterocycles. The fourth-order valence-corrected chi connectivity index (χ4v) is 2.37. The van der Waals surface area contributed by atoms with Crippen LogP contribution in [0.15, 0.2) is 18.3 Å². The summed E-state index contributed by atoms with van der Waals surface area (Å²) in [6, 6.07) is 3.51. The lowest BCUT2D eigenvalue weighted by Gasteiger charge is -1.90. The number of halogens is 1. The van der Waals surface area contributed by atoms with E-state index in [9.17, 15) is 4.79 Å². The SMILES string of the molecule is COC(=O)c1cc2c(Cl)nccc2s1. The summed E-state index contributed by atoms with van der Waals surface area (Å²) in [6.07, 6.45) is 1.61. The van der Waals surface area contributed by atoms with Crippen molar-refractivity contribution >= 4 is 39.0 Å². The number of hydrogen-bond donors (Lipinski definition) is 0. The topological polar surface area (TPSA) is 39.2 Å². The minimum absolute atomic E-state index is 0.345. The standard InChI is InChI=1S/C9H6ClNO2S/c1-13-9(12)7-4-5-6(14-7)2-3-11-8(5)10/h2-4H,1H3. The van der Waals surface area contributed by atoms with E-state index in [0.29, 0.717) is 10.0 Å². The van der Waals surface area contributed by atoms with Crippen LogP contribution in [0.2, 0.25) is 5.15 Å². The van der Waals surface area contributed by atoms with Gasteiger partial charge in [-0.2, -0.15) is 0 Å². The number of thiophene rings is 1. The fourth-order valence-electron chi connectivity index (χ4n) is 1.13. The maximum absolute atomic E-state index is 11.2. The third kappa shape index (κ3) is 1.47. The van der Waals surface area contributed by atoms with Crippen molar-refractivity contribution in [1.29, 1.82) is 0 Å². The summed E-state index contributed by atoms with van der Waals surface area (Å²) >= 11 is 7.21. The Morgan fingerprint density at radius 2 is 2.43 bits per heavy atom. The highest BCUT2D eigenvalue weighted by atomic mass is 35.5. The van der Waals surface area contributed by atoms with Gasteiger partial charge in [0, 0.05) is 16.3 Å². The predicted octanol–water partition coefficient (Wildman–Crippen LogP) is 2.74. The van der Waals surface area contributed by atoms with Crippen LogP contribution in [0.4, 0.5) is 0 Å². The van der Waals surface area contributed by atoms with Gasteiger partial charge >= 0.3 is 5.97 Å². The largest absolute Gasteiger partial charge is 0.465 e. The zero-order chi connectivity index (χ0) is 10.1. The van der Waals surface area contributed by atoms with E-state index < -0.39 is 0 Å². The lowest BCUT2D eigenvalue weighted by molar-refractivity contribution is 0.0606. The second-order valence-electron chi connectivity index (χ2n) is 2.62. The van der Waals surface area contributed by atoms with Gasteiger partial charge in [-0.15, -0.1) is 11.3 Å². The zero-order valence-electron chi connectivity index (χ0n) is 7.28. The predicted molar refractivity (Wildman–Crippen MR) is 56.0 cm³/mol. The molecule has 72 valence electrons. The Balaban J connectivity index is 2.62. The molecule has 0 aromatic carbocycles. The molecule has 0 aliphatic rings. The van der Waals surface area contributed by atoms with Crippen molar-refractivity contribution in [2.45, 2.75) is 0 Å². The molecule has 0 N–H and O–H groups in total. The highest BCUT2D eigenvalue weighted by Gasteiger charge is 2.11. The molecule has 14 heavy (non-hydrogen) atoms. The van der Waals surface area contributed by atoms with Crippen LogP contribution >= 0.6 is 22.9 Å². The van der Waals surface area contributed by atoms with E-state index in [1.54, 1.807) is 12.3 Å². The van der Waals surface area contributed by atoms with E-state index in [0.717, 1.165) is 10.1 Å². The normalized spacial score (nSPS) is 10.4. The summed E-state index contributed by atoms with van der Waals surface area (Å²) in [5, 5.41) is 1.20. The Morgan fingerprint density at radius 1 is 1.64 bits per heavy atom. The number of ether oxygens (including phenoxy) is 1. The van der Waals surface area contributed by atoms with E-state index in [2.05, 4.69) is 9.72 Å². The van der Waals surface area contributed by atoms with Crippen LogP contribution in [-0.2, 0) is 4.74 Å². The summed E-state index contributed by atoms with van der Waals surface area (Å²) in [7, 11) is 1.35. The number of aromatic nitrogens is 1. The first-order chi connectivity index (χ1) is 6.72. The van der Waals surface area contributed by atoms with Crippen molar-refractivity contribution in [3.8, 4) is 0 Å². The van der Waals surface area contributed by atoms with Gasteiger partial charge < -0.3 is 4.74 Å². The van der Waals surface area contributed by atoms with E-state index in [1.165, 1.54) is 18.4 Å². The number of carbonyl (C=O) groups excluding carboxylic acids is 1. The second-order valence-corrected chi connectivity index (χ2v) is 4.06.